The Labute approximate surface area is 114 Å². The third-order valence-corrected chi connectivity index (χ3v) is 4.82. The van der Waals surface area contributed by atoms with Gasteiger partial charge in [-0.2, -0.15) is 0 Å². The minimum absolute atomic E-state index is 0.718. The van der Waals surface area contributed by atoms with Gasteiger partial charge < -0.3 is 5.32 Å². The Morgan fingerprint density at radius 1 is 1.00 bits per heavy atom. The van der Waals surface area contributed by atoms with Crippen LogP contribution in [0, 0.1) is 5.92 Å². The van der Waals surface area contributed by atoms with E-state index in [1.807, 2.05) is 0 Å². The fourth-order valence-electron chi connectivity index (χ4n) is 3.75. The topological polar surface area (TPSA) is 15.3 Å². The molecule has 106 valence electrons. The summed E-state index contributed by atoms with van der Waals surface area (Å²) in [5.74, 6) is 0.893. The standard InChI is InChI=1S/C16H32N2/c1-14(2)18(13-15-8-7-11-17-12-15)16-9-5-3-4-6-10-16/h14-17H,3-13H2,1-2H3. The van der Waals surface area contributed by atoms with E-state index in [1.165, 1.54) is 71.0 Å². The number of nitrogens with one attached hydrogen (secondary N) is 1. The number of rotatable bonds is 4. The highest BCUT2D eigenvalue weighted by Crippen LogP contribution is 2.25. The molecule has 0 aromatic rings. The smallest absolute Gasteiger partial charge is 0.00980 e. The van der Waals surface area contributed by atoms with E-state index >= 15 is 0 Å². The number of piperidine rings is 1. The van der Waals surface area contributed by atoms with Gasteiger partial charge in [0.05, 0.1) is 0 Å². The van der Waals surface area contributed by atoms with E-state index in [4.69, 9.17) is 0 Å². The molecule has 0 spiro atoms. The maximum Gasteiger partial charge on any atom is 0.00980 e. The Kier molecular flexibility index (Phi) is 5.97. The molecule has 1 heterocycles. The van der Waals surface area contributed by atoms with Gasteiger partial charge in [-0.3, -0.25) is 4.90 Å². The van der Waals surface area contributed by atoms with Gasteiger partial charge in [-0.15, -0.1) is 0 Å². The van der Waals surface area contributed by atoms with E-state index in [2.05, 4.69) is 24.1 Å². The summed E-state index contributed by atoms with van der Waals surface area (Å²) in [5, 5.41) is 3.57. The molecule has 1 unspecified atom stereocenters. The van der Waals surface area contributed by atoms with Gasteiger partial charge in [-0.25, -0.2) is 0 Å². The summed E-state index contributed by atoms with van der Waals surface area (Å²) in [4.78, 5) is 2.82. The van der Waals surface area contributed by atoms with Crippen molar-refractivity contribution in [1.29, 1.82) is 0 Å². The summed E-state index contributed by atoms with van der Waals surface area (Å²) in [6.45, 7) is 8.59. The zero-order valence-electron chi connectivity index (χ0n) is 12.5. The second-order valence-corrected chi connectivity index (χ2v) is 6.65. The van der Waals surface area contributed by atoms with Gasteiger partial charge in [0, 0.05) is 18.6 Å². The zero-order chi connectivity index (χ0) is 12.8. The van der Waals surface area contributed by atoms with Gasteiger partial charge in [0.1, 0.15) is 0 Å². The van der Waals surface area contributed by atoms with Crippen LogP contribution in [0.5, 0.6) is 0 Å². The van der Waals surface area contributed by atoms with E-state index in [0.717, 1.165) is 18.0 Å². The van der Waals surface area contributed by atoms with Crippen molar-refractivity contribution in [3.05, 3.63) is 0 Å². The largest absolute Gasteiger partial charge is 0.316 e. The van der Waals surface area contributed by atoms with Crippen LogP contribution in [0.3, 0.4) is 0 Å². The average molecular weight is 252 g/mol. The molecule has 1 saturated carbocycles. The molecular weight excluding hydrogens is 220 g/mol. The zero-order valence-corrected chi connectivity index (χ0v) is 12.5. The molecule has 0 aromatic heterocycles. The van der Waals surface area contributed by atoms with E-state index < -0.39 is 0 Å². The van der Waals surface area contributed by atoms with Gasteiger partial charge in [-0.05, 0) is 58.5 Å². The van der Waals surface area contributed by atoms with Crippen molar-refractivity contribution in [2.45, 2.75) is 77.3 Å². The molecule has 0 amide bonds. The second kappa shape index (κ2) is 7.49. The van der Waals surface area contributed by atoms with Crippen LogP contribution in [-0.2, 0) is 0 Å². The predicted octanol–water partition coefficient (Wildman–Crippen LogP) is 3.42. The third-order valence-electron chi connectivity index (χ3n) is 4.82. The number of hydrogen-bond donors (Lipinski definition) is 1. The molecule has 2 nitrogen and oxygen atoms in total. The van der Waals surface area contributed by atoms with Gasteiger partial charge in [0.2, 0.25) is 0 Å². The van der Waals surface area contributed by atoms with Crippen LogP contribution in [-0.4, -0.2) is 36.6 Å². The molecule has 0 radical (unpaired) electrons. The summed E-state index contributed by atoms with van der Waals surface area (Å²) < 4.78 is 0. The first kappa shape index (κ1) is 14.3. The van der Waals surface area contributed by atoms with Crippen molar-refractivity contribution in [3.8, 4) is 0 Å². The predicted molar refractivity (Wildman–Crippen MR) is 78.9 cm³/mol. The SMILES string of the molecule is CC(C)N(CC1CCCNC1)C1CCCCCC1. The van der Waals surface area contributed by atoms with E-state index in [9.17, 15) is 0 Å². The lowest BCUT2D eigenvalue weighted by atomic mass is 9.96. The van der Waals surface area contributed by atoms with Crippen molar-refractivity contribution in [2.75, 3.05) is 19.6 Å². The maximum atomic E-state index is 3.57. The lowest BCUT2D eigenvalue weighted by Gasteiger charge is -2.38. The third kappa shape index (κ3) is 4.24. The molecule has 2 fully saturated rings. The minimum atomic E-state index is 0.718. The summed E-state index contributed by atoms with van der Waals surface area (Å²) >= 11 is 0. The molecule has 1 saturated heterocycles. The fraction of sp³-hybridized carbons (Fsp3) is 1.00. The van der Waals surface area contributed by atoms with Crippen molar-refractivity contribution in [3.63, 3.8) is 0 Å². The highest BCUT2D eigenvalue weighted by molar-refractivity contribution is 4.81. The van der Waals surface area contributed by atoms with Crippen LogP contribution in [0.25, 0.3) is 0 Å². The fourth-order valence-corrected chi connectivity index (χ4v) is 3.75. The molecule has 1 N–H and O–H groups in total. The van der Waals surface area contributed by atoms with Crippen molar-refractivity contribution < 1.29 is 0 Å². The number of hydrogen-bond acceptors (Lipinski definition) is 2. The van der Waals surface area contributed by atoms with Crippen LogP contribution in [0.4, 0.5) is 0 Å². The van der Waals surface area contributed by atoms with Gasteiger partial charge in [0.25, 0.3) is 0 Å². The first-order chi connectivity index (χ1) is 8.77. The number of nitrogens with zero attached hydrogens (tertiary/aromatic N) is 1. The highest BCUT2D eigenvalue weighted by atomic mass is 15.2. The lowest BCUT2D eigenvalue weighted by Crippen LogP contribution is -2.46. The summed E-state index contributed by atoms with van der Waals surface area (Å²) in [6, 6.07) is 1.59. The molecule has 2 heteroatoms. The molecule has 1 aliphatic heterocycles. The maximum absolute atomic E-state index is 3.57. The Hall–Kier alpha value is -0.0800. The second-order valence-electron chi connectivity index (χ2n) is 6.65. The molecule has 0 aromatic carbocycles. The summed E-state index contributed by atoms with van der Waals surface area (Å²) in [7, 11) is 0. The molecule has 2 aliphatic rings. The molecule has 2 rings (SSSR count). The summed E-state index contributed by atoms with van der Waals surface area (Å²) in [5.41, 5.74) is 0. The Balaban J connectivity index is 1.89. The van der Waals surface area contributed by atoms with Crippen LogP contribution < -0.4 is 5.32 Å². The lowest BCUT2D eigenvalue weighted by molar-refractivity contribution is 0.107. The highest BCUT2D eigenvalue weighted by Gasteiger charge is 2.25. The van der Waals surface area contributed by atoms with Crippen molar-refractivity contribution in [1.82, 2.24) is 10.2 Å². The quantitative estimate of drug-likeness (QED) is 0.771. The van der Waals surface area contributed by atoms with Crippen LogP contribution in [0.15, 0.2) is 0 Å². The van der Waals surface area contributed by atoms with Crippen LogP contribution in [0.2, 0.25) is 0 Å². The normalized spacial score (nSPS) is 27.7. The Morgan fingerprint density at radius 3 is 2.28 bits per heavy atom. The van der Waals surface area contributed by atoms with Crippen molar-refractivity contribution >= 4 is 0 Å². The minimum Gasteiger partial charge on any atom is -0.316 e. The van der Waals surface area contributed by atoms with Crippen molar-refractivity contribution in [2.24, 2.45) is 5.92 Å². The molecule has 1 aliphatic carbocycles. The first-order valence-electron chi connectivity index (χ1n) is 8.24. The molecule has 18 heavy (non-hydrogen) atoms. The van der Waals surface area contributed by atoms with E-state index in [1.54, 1.807) is 0 Å². The average Bonchev–Trinajstić information content (AvgIpc) is 2.65. The Bertz CT molecular complexity index is 213. The molecule has 0 bridgehead atoms. The van der Waals surface area contributed by atoms with Crippen LogP contribution in [0.1, 0.15) is 65.2 Å². The summed E-state index contributed by atoms with van der Waals surface area (Å²) in [6.07, 6.45) is 11.5. The van der Waals surface area contributed by atoms with Gasteiger partial charge in [0.15, 0.2) is 0 Å². The van der Waals surface area contributed by atoms with Gasteiger partial charge >= 0.3 is 0 Å². The van der Waals surface area contributed by atoms with Gasteiger partial charge in [-0.1, -0.05) is 25.7 Å². The Morgan fingerprint density at radius 2 is 1.72 bits per heavy atom. The first-order valence-corrected chi connectivity index (χ1v) is 8.24. The van der Waals surface area contributed by atoms with Crippen LogP contribution >= 0.6 is 0 Å². The monoisotopic (exact) mass is 252 g/mol. The van der Waals surface area contributed by atoms with E-state index in [0.29, 0.717) is 0 Å². The van der Waals surface area contributed by atoms with E-state index in [-0.39, 0.29) is 0 Å². The molecular formula is C16H32N2. The molecule has 1 atom stereocenters.